The van der Waals surface area contributed by atoms with Crippen LogP contribution in [0.5, 0.6) is 0 Å². The van der Waals surface area contributed by atoms with Gasteiger partial charge in [-0.05, 0) is 54.7 Å². The standard InChI is InChI=1S/C33H32FN3O/c1-23-30-21-35-37(28-15-13-27(34)14-16-28)31(30)20-26-12-17-29(32(23)26)33(38)36(22-25-10-6-3-7-11-25)19-18-24-8-4-2-5-9-24/h2-11,13-16,21,23,29H,12,17-20,22H2,1H3/t23-,29+/m0/s1. The maximum atomic E-state index is 14.2. The highest BCUT2D eigenvalue weighted by molar-refractivity contribution is 5.83. The van der Waals surface area contributed by atoms with Gasteiger partial charge in [0.1, 0.15) is 5.82 Å². The van der Waals surface area contributed by atoms with Gasteiger partial charge in [0.25, 0.3) is 0 Å². The molecular weight excluding hydrogens is 473 g/mol. The Balaban J connectivity index is 1.26. The summed E-state index contributed by atoms with van der Waals surface area (Å²) in [6.45, 7) is 3.52. The minimum atomic E-state index is -0.252. The number of amides is 1. The average Bonchev–Trinajstić information content (AvgIpc) is 3.58. The molecule has 1 heterocycles. The Morgan fingerprint density at radius 3 is 2.37 bits per heavy atom. The number of carbonyl (C=O) groups excluding carboxylic acids is 1. The van der Waals surface area contributed by atoms with Crippen LogP contribution >= 0.6 is 0 Å². The summed E-state index contributed by atoms with van der Waals surface area (Å²) in [6, 6.07) is 27.2. The maximum absolute atomic E-state index is 14.2. The quantitative estimate of drug-likeness (QED) is 0.264. The fourth-order valence-corrected chi connectivity index (χ4v) is 6.22. The van der Waals surface area contributed by atoms with E-state index in [9.17, 15) is 9.18 Å². The molecule has 0 N–H and O–H groups in total. The average molecular weight is 506 g/mol. The maximum Gasteiger partial charge on any atom is 0.230 e. The van der Waals surface area contributed by atoms with Gasteiger partial charge in [-0.25, -0.2) is 9.07 Å². The number of hydrogen-bond acceptors (Lipinski definition) is 2. The molecule has 0 aliphatic heterocycles. The lowest BCUT2D eigenvalue weighted by Gasteiger charge is -2.31. The van der Waals surface area contributed by atoms with Gasteiger partial charge in [0, 0.05) is 31.0 Å². The predicted molar refractivity (Wildman–Crippen MR) is 147 cm³/mol. The molecule has 2 aliphatic rings. The SMILES string of the molecule is C[C@@H]1C2=C(CC[C@H]2C(=O)N(CCc2ccccc2)Cc2ccccc2)Cc2c1cnn2-c1ccc(F)cc1. The number of benzene rings is 3. The summed E-state index contributed by atoms with van der Waals surface area (Å²) in [5.41, 5.74) is 8.25. The van der Waals surface area contributed by atoms with Crippen molar-refractivity contribution in [2.45, 2.75) is 45.1 Å². The van der Waals surface area contributed by atoms with Crippen molar-refractivity contribution in [3.8, 4) is 5.69 Å². The molecule has 0 fully saturated rings. The predicted octanol–water partition coefficient (Wildman–Crippen LogP) is 6.65. The van der Waals surface area contributed by atoms with E-state index in [4.69, 9.17) is 0 Å². The van der Waals surface area contributed by atoms with Crippen molar-refractivity contribution in [3.05, 3.63) is 130 Å². The topological polar surface area (TPSA) is 38.1 Å². The third kappa shape index (κ3) is 4.69. The number of allylic oxidation sites excluding steroid dienone is 1. The second-order valence-corrected chi connectivity index (χ2v) is 10.5. The molecule has 0 unspecified atom stereocenters. The van der Waals surface area contributed by atoms with E-state index in [2.05, 4.69) is 53.3 Å². The molecule has 192 valence electrons. The largest absolute Gasteiger partial charge is 0.338 e. The van der Waals surface area contributed by atoms with Crippen molar-refractivity contribution < 1.29 is 9.18 Å². The molecule has 4 nitrogen and oxygen atoms in total. The van der Waals surface area contributed by atoms with Crippen LogP contribution in [0.15, 0.2) is 102 Å². The molecule has 0 bridgehead atoms. The van der Waals surface area contributed by atoms with E-state index < -0.39 is 0 Å². The normalized spacial score (nSPS) is 18.3. The smallest absolute Gasteiger partial charge is 0.230 e. The number of rotatable bonds is 7. The molecule has 4 aromatic rings. The molecule has 38 heavy (non-hydrogen) atoms. The third-order valence-corrected chi connectivity index (χ3v) is 8.14. The Labute approximate surface area is 223 Å². The summed E-state index contributed by atoms with van der Waals surface area (Å²) in [5.74, 6) is 0.0162. The van der Waals surface area contributed by atoms with Gasteiger partial charge in [-0.2, -0.15) is 5.10 Å². The van der Waals surface area contributed by atoms with Crippen molar-refractivity contribution in [2.24, 2.45) is 5.92 Å². The molecule has 0 radical (unpaired) electrons. The van der Waals surface area contributed by atoms with Crippen LogP contribution < -0.4 is 0 Å². The highest BCUT2D eigenvalue weighted by atomic mass is 19.1. The second-order valence-electron chi connectivity index (χ2n) is 10.5. The van der Waals surface area contributed by atoms with E-state index in [-0.39, 0.29) is 23.6 Å². The number of fused-ring (bicyclic) bond motifs is 1. The zero-order valence-electron chi connectivity index (χ0n) is 21.7. The van der Waals surface area contributed by atoms with Crippen LogP contribution in [0.25, 0.3) is 5.69 Å². The van der Waals surface area contributed by atoms with Gasteiger partial charge in [0.2, 0.25) is 5.91 Å². The number of aromatic nitrogens is 2. The van der Waals surface area contributed by atoms with Crippen LogP contribution in [0.4, 0.5) is 4.39 Å². The third-order valence-electron chi connectivity index (χ3n) is 8.14. The Morgan fingerprint density at radius 2 is 1.66 bits per heavy atom. The van der Waals surface area contributed by atoms with Crippen LogP contribution in [-0.2, 0) is 24.2 Å². The number of carbonyl (C=O) groups is 1. The summed E-state index contributed by atoms with van der Waals surface area (Å²) in [7, 11) is 0. The Kier molecular flexibility index (Phi) is 6.67. The Bertz CT molecular complexity index is 1460. The van der Waals surface area contributed by atoms with Crippen LogP contribution in [0, 0.1) is 11.7 Å². The summed E-state index contributed by atoms with van der Waals surface area (Å²) >= 11 is 0. The minimum Gasteiger partial charge on any atom is -0.338 e. The Morgan fingerprint density at radius 1 is 0.974 bits per heavy atom. The van der Waals surface area contributed by atoms with Crippen LogP contribution in [-0.4, -0.2) is 27.1 Å². The lowest BCUT2D eigenvalue weighted by molar-refractivity contribution is -0.135. The Hall–Kier alpha value is -3.99. The van der Waals surface area contributed by atoms with E-state index in [0.29, 0.717) is 13.1 Å². The van der Waals surface area contributed by atoms with Crippen molar-refractivity contribution in [2.75, 3.05) is 6.54 Å². The highest BCUT2D eigenvalue weighted by Gasteiger charge is 2.40. The zero-order chi connectivity index (χ0) is 26.1. The first-order valence-corrected chi connectivity index (χ1v) is 13.5. The van der Waals surface area contributed by atoms with Gasteiger partial charge in [-0.3, -0.25) is 4.79 Å². The van der Waals surface area contributed by atoms with Crippen molar-refractivity contribution in [1.29, 1.82) is 0 Å². The van der Waals surface area contributed by atoms with Crippen LogP contribution in [0.3, 0.4) is 0 Å². The number of nitrogens with zero attached hydrogens (tertiary/aromatic N) is 3. The monoisotopic (exact) mass is 505 g/mol. The van der Waals surface area contributed by atoms with Gasteiger partial charge in [-0.1, -0.05) is 78.7 Å². The van der Waals surface area contributed by atoms with Gasteiger partial charge >= 0.3 is 0 Å². The number of hydrogen-bond donors (Lipinski definition) is 0. The van der Waals surface area contributed by atoms with E-state index in [1.807, 2.05) is 35.1 Å². The molecule has 1 amide bonds. The van der Waals surface area contributed by atoms with E-state index in [1.54, 1.807) is 12.1 Å². The second kappa shape index (κ2) is 10.4. The molecule has 3 aromatic carbocycles. The van der Waals surface area contributed by atoms with Gasteiger partial charge in [0.15, 0.2) is 0 Å². The fraction of sp³-hybridized carbons (Fsp3) is 0.273. The van der Waals surface area contributed by atoms with Crippen LogP contribution in [0.1, 0.15) is 48.1 Å². The van der Waals surface area contributed by atoms with E-state index >= 15 is 0 Å². The van der Waals surface area contributed by atoms with Crippen molar-refractivity contribution >= 4 is 5.91 Å². The molecule has 2 atom stereocenters. The first kappa shape index (κ1) is 24.4. The molecule has 0 saturated heterocycles. The summed E-state index contributed by atoms with van der Waals surface area (Å²) in [4.78, 5) is 16.2. The van der Waals surface area contributed by atoms with Crippen LogP contribution in [0.2, 0.25) is 0 Å². The molecular formula is C33H32FN3O. The van der Waals surface area contributed by atoms with Gasteiger partial charge < -0.3 is 4.90 Å². The first-order chi connectivity index (χ1) is 18.6. The van der Waals surface area contributed by atoms with Crippen molar-refractivity contribution in [1.82, 2.24) is 14.7 Å². The van der Waals surface area contributed by atoms with E-state index in [0.717, 1.165) is 42.6 Å². The number of halogens is 1. The highest BCUT2D eigenvalue weighted by Crippen LogP contribution is 2.47. The van der Waals surface area contributed by atoms with Gasteiger partial charge in [-0.15, -0.1) is 0 Å². The van der Waals surface area contributed by atoms with Crippen molar-refractivity contribution in [3.63, 3.8) is 0 Å². The lowest BCUT2D eigenvalue weighted by Crippen LogP contribution is -2.38. The molecule has 0 saturated carbocycles. The summed E-state index contributed by atoms with van der Waals surface area (Å²) in [6.07, 6.45) is 5.35. The van der Waals surface area contributed by atoms with Gasteiger partial charge in [0.05, 0.1) is 23.5 Å². The molecule has 1 aromatic heterocycles. The molecule has 2 aliphatic carbocycles. The minimum absolute atomic E-state index is 0.0955. The first-order valence-electron chi connectivity index (χ1n) is 13.5. The molecule has 0 spiro atoms. The lowest BCUT2D eigenvalue weighted by atomic mass is 9.79. The summed E-state index contributed by atoms with van der Waals surface area (Å²) < 4.78 is 15.4. The zero-order valence-corrected chi connectivity index (χ0v) is 21.7. The fourth-order valence-electron chi connectivity index (χ4n) is 6.22. The molecule has 5 heteroatoms. The van der Waals surface area contributed by atoms with E-state index in [1.165, 1.54) is 34.4 Å². The molecule has 6 rings (SSSR count). The summed E-state index contributed by atoms with van der Waals surface area (Å²) in [5, 5.41) is 4.67.